The SMILES string of the molecule is Cc1ccc(NC(=O)[C@H]2[C@H]3C=C[C@]4(O3)[C@H](C(=O)NC3CCCCC3)N(CCCN(C)Cc3ccccc3)C(=O)[C@@H]24)cc1. The summed E-state index contributed by atoms with van der Waals surface area (Å²) in [5.41, 5.74) is 1.88. The van der Waals surface area contributed by atoms with E-state index in [9.17, 15) is 14.4 Å². The maximum atomic E-state index is 14.2. The molecule has 3 amide bonds. The number of ether oxygens (including phenoxy) is 1. The molecule has 2 aromatic carbocycles. The normalized spacial score (nSPS) is 28.4. The molecule has 2 bridgehead atoms. The van der Waals surface area contributed by atoms with E-state index in [-0.39, 0.29) is 23.8 Å². The Morgan fingerprint density at radius 2 is 1.76 bits per heavy atom. The van der Waals surface area contributed by atoms with Gasteiger partial charge in [0, 0.05) is 24.8 Å². The first-order valence-electron chi connectivity index (χ1n) is 15.4. The van der Waals surface area contributed by atoms with Crippen LogP contribution in [0.5, 0.6) is 0 Å². The van der Waals surface area contributed by atoms with Gasteiger partial charge in [-0.25, -0.2) is 0 Å². The van der Waals surface area contributed by atoms with E-state index in [0.29, 0.717) is 18.7 Å². The molecule has 1 aliphatic carbocycles. The molecule has 4 aliphatic rings. The number of likely N-dealkylation sites (tertiary alicyclic amines) is 1. The quantitative estimate of drug-likeness (QED) is 0.421. The van der Waals surface area contributed by atoms with Crippen LogP contribution in [0.25, 0.3) is 0 Å². The van der Waals surface area contributed by atoms with Crippen LogP contribution in [0.3, 0.4) is 0 Å². The van der Waals surface area contributed by atoms with Gasteiger partial charge >= 0.3 is 0 Å². The molecule has 8 nitrogen and oxygen atoms in total. The van der Waals surface area contributed by atoms with E-state index in [2.05, 4.69) is 34.7 Å². The number of carbonyl (C=O) groups excluding carboxylic acids is 3. The van der Waals surface area contributed by atoms with Crippen molar-refractivity contribution in [3.63, 3.8) is 0 Å². The van der Waals surface area contributed by atoms with Crippen molar-refractivity contribution in [2.75, 3.05) is 25.5 Å². The molecule has 3 fully saturated rings. The second-order valence-electron chi connectivity index (χ2n) is 12.5. The Balaban J connectivity index is 1.21. The smallest absolute Gasteiger partial charge is 0.246 e. The van der Waals surface area contributed by atoms with Crippen molar-refractivity contribution in [3.05, 3.63) is 77.9 Å². The van der Waals surface area contributed by atoms with Crippen LogP contribution in [0.2, 0.25) is 0 Å². The van der Waals surface area contributed by atoms with Crippen LogP contribution in [0, 0.1) is 18.8 Å². The number of carbonyl (C=O) groups is 3. The fourth-order valence-electron chi connectivity index (χ4n) is 7.38. The number of fused-ring (bicyclic) bond motifs is 1. The Kier molecular flexibility index (Phi) is 8.19. The first-order valence-corrected chi connectivity index (χ1v) is 15.4. The summed E-state index contributed by atoms with van der Waals surface area (Å²) in [6.45, 7) is 3.99. The van der Waals surface area contributed by atoms with Crippen LogP contribution in [-0.4, -0.2) is 71.4 Å². The highest BCUT2D eigenvalue weighted by Gasteiger charge is 2.72. The third-order valence-electron chi connectivity index (χ3n) is 9.43. The minimum absolute atomic E-state index is 0.110. The van der Waals surface area contributed by atoms with E-state index in [1.807, 2.05) is 61.5 Å². The van der Waals surface area contributed by atoms with Crippen molar-refractivity contribution in [2.24, 2.45) is 11.8 Å². The zero-order valence-corrected chi connectivity index (χ0v) is 24.6. The van der Waals surface area contributed by atoms with Gasteiger partial charge in [0.2, 0.25) is 17.7 Å². The number of rotatable bonds is 10. The zero-order chi connectivity index (χ0) is 29.3. The summed E-state index contributed by atoms with van der Waals surface area (Å²) < 4.78 is 6.50. The van der Waals surface area contributed by atoms with E-state index < -0.39 is 29.6 Å². The Morgan fingerprint density at radius 3 is 2.50 bits per heavy atom. The third-order valence-corrected chi connectivity index (χ3v) is 9.43. The molecule has 222 valence electrons. The number of nitrogens with zero attached hydrogens (tertiary/aromatic N) is 2. The molecule has 0 unspecified atom stereocenters. The number of amides is 3. The second kappa shape index (κ2) is 12.0. The maximum absolute atomic E-state index is 14.2. The number of aryl methyl sites for hydroxylation is 1. The lowest BCUT2D eigenvalue weighted by molar-refractivity contribution is -0.141. The van der Waals surface area contributed by atoms with E-state index in [4.69, 9.17) is 4.74 Å². The van der Waals surface area contributed by atoms with Gasteiger partial charge in [-0.1, -0.05) is 79.4 Å². The van der Waals surface area contributed by atoms with Gasteiger partial charge in [0.15, 0.2) is 0 Å². The van der Waals surface area contributed by atoms with Crippen LogP contribution in [0.1, 0.15) is 49.7 Å². The molecule has 2 N–H and O–H groups in total. The Bertz CT molecular complexity index is 1320. The standard InChI is InChI=1S/C34H42N4O4/c1-23-14-16-26(17-15-23)35-31(39)28-27-18-19-34(42-27)29(28)33(41)38(30(34)32(40)36-25-12-7-4-8-13-25)21-9-20-37(2)22-24-10-5-3-6-11-24/h3,5-6,10-11,14-19,25,27-30H,4,7-9,12-13,20-22H2,1-2H3,(H,35,39)(H,36,40)/t27-,28+,29-,30+,34-/m1/s1. The molecule has 8 heteroatoms. The van der Waals surface area contributed by atoms with Gasteiger partial charge in [0.1, 0.15) is 11.6 Å². The molecule has 0 radical (unpaired) electrons. The number of hydrogen-bond donors (Lipinski definition) is 2. The van der Waals surface area contributed by atoms with E-state index in [1.54, 1.807) is 4.90 Å². The highest BCUT2D eigenvalue weighted by molar-refractivity contribution is 6.02. The van der Waals surface area contributed by atoms with Gasteiger partial charge in [-0.3, -0.25) is 14.4 Å². The van der Waals surface area contributed by atoms with Crippen LogP contribution >= 0.6 is 0 Å². The van der Waals surface area contributed by atoms with Gasteiger partial charge in [0.05, 0.1) is 17.9 Å². The molecule has 3 aliphatic heterocycles. The number of benzene rings is 2. The third kappa shape index (κ3) is 5.50. The van der Waals surface area contributed by atoms with Crippen molar-refractivity contribution < 1.29 is 19.1 Å². The summed E-state index contributed by atoms with van der Waals surface area (Å²) in [7, 11) is 2.07. The predicted octanol–water partition coefficient (Wildman–Crippen LogP) is 4.06. The monoisotopic (exact) mass is 570 g/mol. The van der Waals surface area contributed by atoms with Crippen LogP contribution in [0.4, 0.5) is 5.69 Å². The Morgan fingerprint density at radius 1 is 1.02 bits per heavy atom. The van der Waals surface area contributed by atoms with Crippen molar-refractivity contribution in [1.82, 2.24) is 15.1 Å². The zero-order valence-electron chi connectivity index (χ0n) is 24.6. The largest absolute Gasteiger partial charge is 0.359 e. The van der Waals surface area contributed by atoms with Crippen molar-refractivity contribution in [1.29, 1.82) is 0 Å². The molecule has 1 saturated carbocycles. The van der Waals surface area contributed by atoms with E-state index in [0.717, 1.165) is 44.3 Å². The average Bonchev–Trinajstić information content (AvgIpc) is 3.63. The first kappa shape index (κ1) is 28.6. The predicted molar refractivity (Wildman–Crippen MR) is 161 cm³/mol. The first-order chi connectivity index (χ1) is 20.4. The summed E-state index contributed by atoms with van der Waals surface area (Å²) in [4.78, 5) is 45.8. The van der Waals surface area contributed by atoms with E-state index in [1.165, 1.54) is 12.0 Å². The molecule has 2 saturated heterocycles. The molecule has 6 rings (SSSR count). The Hall–Kier alpha value is -3.49. The minimum Gasteiger partial charge on any atom is -0.359 e. The summed E-state index contributed by atoms with van der Waals surface area (Å²) in [5, 5.41) is 6.27. The van der Waals surface area contributed by atoms with Crippen molar-refractivity contribution >= 4 is 23.4 Å². The summed E-state index contributed by atoms with van der Waals surface area (Å²) in [5.74, 6) is -2.01. The number of anilines is 1. The minimum atomic E-state index is -1.13. The number of nitrogens with one attached hydrogen (secondary N) is 2. The highest BCUT2D eigenvalue weighted by Crippen LogP contribution is 2.55. The molecule has 3 heterocycles. The van der Waals surface area contributed by atoms with Crippen LogP contribution in [-0.2, 0) is 25.7 Å². The van der Waals surface area contributed by atoms with Crippen molar-refractivity contribution in [3.8, 4) is 0 Å². The molecule has 1 spiro atoms. The molecular weight excluding hydrogens is 528 g/mol. The summed E-state index contributed by atoms with van der Waals surface area (Å²) in [6.07, 6.45) is 9.23. The molecule has 0 aromatic heterocycles. The molecular formula is C34H42N4O4. The molecule has 2 aromatic rings. The average molecular weight is 571 g/mol. The lowest BCUT2D eigenvalue weighted by Gasteiger charge is -2.34. The van der Waals surface area contributed by atoms with Crippen LogP contribution < -0.4 is 10.6 Å². The lowest BCUT2D eigenvalue weighted by Crippen LogP contribution is -2.56. The van der Waals surface area contributed by atoms with Gasteiger partial charge < -0.3 is 25.2 Å². The molecule has 42 heavy (non-hydrogen) atoms. The Labute approximate surface area is 248 Å². The van der Waals surface area contributed by atoms with Gasteiger partial charge in [0.25, 0.3) is 0 Å². The second-order valence-corrected chi connectivity index (χ2v) is 12.5. The van der Waals surface area contributed by atoms with E-state index >= 15 is 0 Å². The molecule has 5 atom stereocenters. The number of hydrogen-bond acceptors (Lipinski definition) is 5. The van der Waals surface area contributed by atoms with Crippen LogP contribution in [0.15, 0.2) is 66.7 Å². The fraction of sp³-hybridized carbons (Fsp3) is 0.500. The fourth-order valence-corrected chi connectivity index (χ4v) is 7.38. The van der Waals surface area contributed by atoms with Gasteiger partial charge in [-0.2, -0.15) is 0 Å². The highest BCUT2D eigenvalue weighted by atomic mass is 16.5. The summed E-state index contributed by atoms with van der Waals surface area (Å²) >= 11 is 0. The van der Waals surface area contributed by atoms with Gasteiger partial charge in [-0.05, 0) is 57.5 Å². The lowest BCUT2D eigenvalue weighted by atomic mass is 9.74. The maximum Gasteiger partial charge on any atom is 0.246 e. The van der Waals surface area contributed by atoms with Gasteiger partial charge in [-0.15, -0.1) is 0 Å². The summed E-state index contributed by atoms with van der Waals surface area (Å²) in [6, 6.07) is 17.2. The van der Waals surface area contributed by atoms with Crippen molar-refractivity contribution in [2.45, 2.75) is 75.8 Å². The topological polar surface area (TPSA) is 91.0 Å².